The van der Waals surface area contributed by atoms with Gasteiger partial charge in [0.25, 0.3) is 0 Å². The van der Waals surface area contributed by atoms with Crippen molar-refractivity contribution in [3.05, 3.63) is 146 Å². The molecule has 0 spiro atoms. The van der Waals surface area contributed by atoms with E-state index in [0.717, 1.165) is 33.9 Å². The molecule has 8 aromatic rings. The van der Waals surface area contributed by atoms with E-state index in [1.165, 1.54) is 43.1 Å². The molecule has 0 bridgehead atoms. The average Bonchev–Trinajstić information content (AvgIpc) is 3.03. The molecule has 0 saturated heterocycles. The largest absolute Gasteiger partial charge is 0.228 e. The zero-order chi connectivity index (χ0) is 26.5. The van der Waals surface area contributed by atoms with Gasteiger partial charge in [-0.25, -0.2) is 9.97 Å². The number of benzene rings is 7. The SMILES string of the molecule is c1ccc(-c2nc(-c3cccc4ccccc34)cc(-c3c4ccccc4cc4ccc5ccccc5c34)n2)cc1. The van der Waals surface area contributed by atoms with Gasteiger partial charge in [-0.3, -0.25) is 0 Å². The van der Waals surface area contributed by atoms with Gasteiger partial charge in [-0.2, -0.15) is 0 Å². The number of hydrogen-bond donors (Lipinski definition) is 0. The van der Waals surface area contributed by atoms with Crippen molar-refractivity contribution < 1.29 is 0 Å². The third-order valence-corrected chi connectivity index (χ3v) is 7.83. The van der Waals surface area contributed by atoms with Crippen LogP contribution in [0.3, 0.4) is 0 Å². The monoisotopic (exact) mass is 508 g/mol. The van der Waals surface area contributed by atoms with E-state index in [1.54, 1.807) is 0 Å². The van der Waals surface area contributed by atoms with Gasteiger partial charge in [0.15, 0.2) is 5.82 Å². The lowest BCUT2D eigenvalue weighted by atomic mass is 9.90. The highest BCUT2D eigenvalue weighted by Gasteiger charge is 2.18. The lowest BCUT2D eigenvalue weighted by Gasteiger charge is -2.16. The highest BCUT2D eigenvalue weighted by molar-refractivity contribution is 6.21. The van der Waals surface area contributed by atoms with E-state index in [1.807, 2.05) is 18.2 Å². The van der Waals surface area contributed by atoms with E-state index in [4.69, 9.17) is 9.97 Å². The summed E-state index contributed by atoms with van der Waals surface area (Å²) in [6.45, 7) is 0. The summed E-state index contributed by atoms with van der Waals surface area (Å²) in [5, 5.41) is 9.65. The van der Waals surface area contributed by atoms with E-state index >= 15 is 0 Å². The fourth-order valence-corrected chi connectivity index (χ4v) is 5.98. The quantitative estimate of drug-likeness (QED) is 0.175. The lowest BCUT2D eigenvalue weighted by Crippen LogP contribution is -1.97. The summed E-state index contributed by atoms with van der Waals surface area (Å²) in [4.78, 5) is 10.4. The summed E-state index contributed by atoms with van der Waals surface area (Å²) in [7, 11) is 0. The van der Waals surface area contributed by atoms with Crippen LogP contribution >= 0.6 is 0 Å². The number of rotatable bonds is 3. The second-order valence-electron chi connectivity index (χ2n) is 10.2. The molecule has 2 heteroatoms. The van der Waals surface area contributed by atoms with Gasteiger partial charge in [-0.15, -0.1) is 0 Å². The maximum absolute atomic E-state index is 5.28. The van der Waals surface area contributed by atoms with Crippen molar-refractivity contribution in [2.24, 2.45) is 0 Å². The second-order valence-corrected chi connectivity index (χ2v) is 10.2. The van der Waals surface area contributed by atoms with E-state index in [-0.39, 0.29) is 0 Å². The topological polar surface area (TPSA) is 25.8 Å². The van der Waals surface area contributed by atoms with Crippen molar-refractivity contribution >= 4 is 43.1 Å². The van der Waals surface area contributed by atoms with Crippen LogP contribution in [0.4, 0.5) is 0 Å². The van der Waals surface area contributed by atoms with Crippen LogP contribution in [0.15, 0.2) is 146 Å². The van der Waals surface area contributed by atoms with Crippen molar-refractivity contribution in [2.75, 3.05) is 0 Å². The van der Waals surface area contributed by atoms with Crippen LogP contribution in [0.2, 0.25) is 0 Å². The molecular formula is C38H24N2. The Morgan fingerprint density at radius 2 is 0.975 bits per heavy atom. The van der Waals surface area contributed by atoms with Gasteiger partial charge in [-0.05, 0) is 55.2 Å². The molecule has 0 atom stereocenters. The van der Waals surface area contributed by atoms with Crippen molar-refractivity contribution in [1.82, 2.24) is 9.97 Å². The molecule has 1 heterocycles. The van der Waals surface area contributed by atoms with Crippen LogP contribution in [0.5, 0.6) is 0 Å². The normalized spacial score (nSPS) is 11.5. The van der Waals surface area contributed by atoms with Crippen molar-refractivity contribution in [3.8, 4) is 33.9 Å². The van der Waals surface area contributed by atoms with Crippen LogP contribution in [0, 0.1) is 0 Å². The molecule has 40 heavy (non-hydrogen) atoms. The Balaban J connectivity index is 1.53. The minimum atomic E-state index is 0.724. The van der Waals surface area contributed by atoms with Gasteiger partial charge < -0.3 is 0 Å². The van der Waals surface area contributed by atoms with Crippen molar-refractivity contribution in [2.45, 2.75) is 0 Å². The third-order valence-electron chi connectivity index (χ3n) is 7.83. The molecule has 0 N–H and O–H groups in total. The van der Waals surface area contributed by atoms with Gasteiger partial charge in [-0.1, -0.05) is 133 Å². The average molecular weight is 509 g/mol. The highest BCUT2D eigenvalue weighted by atomic mass is 14.9. The molecule has 8 rings (SSSR count). The van der Waals surface area contributed by atoms with Gasteiger partial charge in [0.05, 0.1) is 11.4 Å². The minimum Gasteiger partial charge on any atom is -0.228 e. The van der Waals surface area contributed by atoms with Gasteiger partial charge in [0.1, 0.15) is 0 Å². The van der Waals surface area contributed by atoms with Crippen LogP contribution in [0.25, 0.3) is 77.0 Å². The molecule has 186 valence electrons. The van der Waals surface area contributed by atoms with Crippen LogP contribution in [-0.2, 0) is 0 Å². The van der Waals surface area contributed by atoms with Crippen LogP contribution < -0.4 is 0 Å². The number of aromatic nitrogens is 2. The molecule has 0 radical (unpaired) electrons. The molecule has 7 aromatic carbocycles. The summed E-state index contributed by atoms with van der Waals surface area (Å²) >= 11 is 0. The smallest absolute Gasteiger partial charge is 0.160 e. The van der Waals surface area contributed by atoms with Gasteiger partial charge in [0.2, 0.25) is 0 Å². The molecule has 2 nitrogen and oxygen atoms in total. The molecule has 0 amide bonds. The van der Waals surface area contributed by atoms with Crippen molar-refractivity contribution in [3.63, 3.8) is 0 Å². The Bertz CT molecular complexity index is 2210. The summed E-state index contributed by atoms with van der Waals surface area (Å²) < 4.78 is 0. The molecule has 0 unspecified atom stereocenters. The van der Waals surface area contributed by atoms with E-state index in [2.05, 4.69) is 127 Å². The Kier molecular flexibility index (Phi) is 5.17. The fourth-order valence-electron chi connectivity index (χ4n) is 5.98. The Morgan fingerprint density at radius 1 is 0.375 bits per heavy atom. The molecule has 0 aliphatic carbocycles. The number of fused-ring (bicyclic) bond motifs is 5. The van der Waals surface area contributed by atoms with E-state index in [9.17, 15) is 0 Å². The third kappa shape index (κ3) is 3.65. The molecule has 0 aliphatic heterocycles. The Morgan fingerprint density at radius 3 is 1.80 bits per heavy atom. The van der Waals surface area contributed by atoms with Gasteiger partial charge in [0, 0.05) is 16.7 Å². The van der Waals surface area contributed by atoms with E-state index < -0.39 is 0 Å². The summed E-state index contributed by atoms with van der Waals surface area (Å²) in [6, 6.07) is 51.4. The van der Waals surface area contributed by atoms with Gasteiger partial charge >= 0.3 is 0 Å². The maximum atomic E-state index is 5.28. The van der Waals surface area contributed by atoms with E-state index in [0.29, 0.717) is 0 Å². The van der Waals surface area contributed by atoms with Crippen molar-refractivity contribution in [1.29, 1.82) is 0 Å². The van der Waals surface area contributed by atoms with Crippen LogP contribution in [0.1, 0.15) is 0 Å². The molecule has 0 saturated carbocycles. The predicted molar refractivity (Wildman–Crippen MR) is 168 cm³/mol. The second kappa shape index (κ2) is 9.14. The van der Waals surface area contributed by atoms with Crippen LogP contribution in [-0.4, -0.2) is 9.97 Å². The summed E-state index contributed by atoms with van der Waals surface area (Å²) in [5.41, 5.74) is 5.09. The zero-order valence-electron chi connectivity index (χ0n) is 21.8. The first kappa shape index (κ1) is 22.6. The Hall–Kier alpha value is -5.34. The summed E-state index contributed by atoms with van der Waals surface area (Å²) in [5.74, 6) is 0.724. The number of hydrogen-bond acceptors (Lipinski definition) is 2. The Labute approximate surface area is 232 Å². The number of nitrogens with zero attached hydrogens (tertiary/aromatic N) is 2. The first-order valence-corrected chi connectivity index (χ1v) is 13.6. The minimum absolute atomic E-state index is 0.724. The fraction of sp³-hybridized carbons (Fsp3) is 0. The molecular weight excluding hydrogens is 484 g/mol. The summed E-state index contributed by atoms with van der Waals surface area (Å²) in [6.07, 6.45) is 0. The first-order valence-electron chi connectivity index (χ1n) is 13.6. The lowest BCUT2D eigenvalue weighted by molar-refractivity contribution is 1.19. The predicted octanol–water partition coefficient (Wildman–Crippen LogP) is 10.1. The zero-order valence-corrected chi connectivity index (χ0v) is 21.8. The highest BCUT2D eigenvalue weighted by Crippen LogP contribution is 2.41. The maximum Gasteiger partial charge on any atom is 0.160 e. The molecule has 0 aliphatic rings. The molecule has 0 fully saturated rings. The standard InChI is InChI=1S/C38H24N2/c1-2-13-27(14-3-1)38-39-34(33-20-10-16-25-11-4-7-17-30(25)33)24-35(40-38)37-32-19-9-6-15-28(32)23-29-22-21-26-12-5-8-18-31(26)36(29)37/h1-24H. The first-order chi connectivity index (χ1) is 19.8. The molecule has 1 aromatic heterocycles.